The molecule has 0 spiro atoms. The van der Waals surface area contributed by atoms with Gasteiger partial charge < -0.3 is 0 Å². The molecule has 0 aromatic heterocycles. The summed E-state index contributed by atoms with van der Waals surface area (Å²) in [5, 5.41) is 0. The Morgan fingerprint density at radius 1 is 1.36 bits per heavy atom. The van der Waals surface area contributed by atoms with Crippen LogP contribution in [0.1, 0.15) is 18.5 Å². The number of hydrogen-bond donors (Lipinski definition) is 2. The number of alkyl halides is 2. The van der Waals surface area contributed by atoms with E-state index in [4.69, 9.17) is 5.84 Å². The third kappa shape index (κ3) is 2.24. The third-order valence-corrected chi connectivity index (χ3v) is 1.89. The van der Waals surface area contributed by atoms with E-state index in [1.54, 1.807) is 0 Å². The molecule has 1 aromatic carbocycles. The number of nitrogens with one attached hydrogen (secondary N) is 1. The van der Waals surface area contributed by atoms with Crippen molar-refractivity contribution >= 4 is 0 Å². The molecule has 0 heterocycles. The highest BCUT2D eigenvalue weighted by molar-refractivity contribution is 5.22. The summed E-state index contributed by atoms with van der Waals surface area (Å²) in [4.78, 5) is 0. The monoisotopic (exact) mass is 204 g/mol. The summed E-state index contributed by atoms with van der Waals surface area (Å²) in [6, 6.07) is 3.79. The molecule has 3 N–H and O–H groups in total. The highest BCUT2D eigenvalue weighted by Crippen LogP contribution is 2.31. The summed E-state index contributed by atoms with van der Waals surface area (Å²) in [5.41, 5.74) is 1.77. The van der Waals surface area contributed by atoms with E-state index in [-0.39, 0.29) is 5.56 Å². The van der Waals surface area contributed by atoms with Crippen molar-refractivity contribution < 1.29 is 13.2 Å². The molecule has 1 rings (SSSR count). The van der Waals surface area contributed by atoms with E-state index >= 15 is 0 Å². The van der Waals surface area contributed by atoms with Crippen LogP contribution >= 0.6 is 0 Å². The van der Waals surface area contributed by atoms with Crippen LogP contribution in [0, 0.1) is 5.82 Å². The Morgan fingerprint density at radius 2 is 1.93 bits per heavy atom. The molecule has 0 fully saturated rings. The van der Waals surface area contributed by atoms with Gasteiger partial charge in [-0.3, -0.25) is 5.84 Å². The Morgan fingerprint density at radius 3 is 2.36 bits per heavy atom. The fourth-order valence-corrected chi connectivity index (χ4v) is 1.22. The van der Waals surface area contributed by atoms with Crippen LogP contribution in [0.4, 0.5) is 13.2 Å². The van der Waals surface area contributed by atoms with Crippen molar-refractivity contribution in [3.8, 4) is 0 Å². The zero-order chi connectivity index (χ0) is 10.8. The van der Waals surface area contributed by atoms with E-state index < -0.39 is 17.8 Å². The average Bonchev–Trinajstić information content (AvgIpc) is 2.07. The number of rotatable bonds is 3. The molecule has 0 aliphatic rings. The molecule has 0 saturated carbocycles. The minimum absolute atomic E-state index is 0.137. The first-order valence-corrected chi connectivity index (χ1v) is 4.05. The number of hydrogen-bond acceptors (Lipinski definition) is 2. The Bertz CT molecular complexity index is 309. The van der Waals surface area contributed by atoms with Gasteiger partial charge >= 0.3 is 0 Å². The smallest absolute Gasteiger partial charge is 0.265 e. The predicted octanol–water partition coefficient (Wildman–Crippen LogP) is 1.99. The number of nitrogens with two attached hydrogens (primary N) is 1. The lowest BCUT2D eigenvalue weighted by molar-refractivity contribution is -0.0205. The van der Waals surface area contributed by atoms with Crippen molar-refractivity contribution in [2.75, 3.05) is 0 Å². The second-order valence-corrected chi connectivity index (χ2v) is 3.08. The maximum Gasteiger partial charge on any atom is 0.265 e. The van der Waals surface area contributed by atoms with Crippen LogP contribution < -0.4 is 11.3 Å². The summed E-state index contributed by atoms with van der Waals surface area (Å²) in [6.45, 7) is 0.684. The van der Waals surface area contributed by atoms with Gasteiger partial charge in [-0.25, -0.2) is 18.6 Å². The number of hydrazine groups is 1. The zero-order valence-electron chi connectivity index (χ0n) is 7.60. The topological polar surface area (TPSA) is 38.0 Å². The molecule has 1 atom stereocenters. The van der Waals surface area contributed by atoms with Gasteiger partial charge in [-0.2, -0.15) is 0 Å². The van der Waals surface area contributed by atoms with Crippen molar-refractivity contribution in [1.82, 2.24) is 5.43 Å². The molecule has 0 bridgehead atoms. The van der Waals surface area contributed by atoms with E-state index in [1.165, 1.54) is 18.2 Å². The molecule has 2 nitrogen and oxygen atoms in total. The predicted molar refractivity (Wildman–Crippen MR) is 47.1 cm³/mol. The molecule has 78 valence electrons. The molecule has 1 aromatic rings. The SMILES string of the molecule is CC(F)(F)C(NN)c1ccccc1F. The lowest BCUT2D eigenvalue weighted by atomic mass is 10.0. The first-order valence-electron chi connectivity index (χ1n) is 4.05. The van der Waals surface area contributed by atoms with Crippen LogP contribution in [0.15, 0.2) is 24.3 Å². The van der Waals surface area contributed by atoms with Crippen LogP contribution in [-0.2, 0) is 0 Å². The largest absolute Gasteiger partial charge is 0.271 e. The summed E-state index contributed by atoms with van der Waals surface area (Å²) < 4.78 is 39.0. The summed E-state index contributed by atoms with van der Waals surface area (Å²) in [6.07, 6.45) is 0. The van der Waals surface area contributed by atoms with Gasteiger partial charge in [0.1, 0.15) is 11.9 Å². The van der Waals surface area contributed by atoms with Crippen LogP contribution in [0.25, 0.3) is 0 Å². The molecule has 1 unspecified atom stereocenters. The van der Waals surface area contributed by atoms with E-state index in [0.29, 0.717) is 6.92 Å². The Kier molecular flexibility index (Phi) is 3.13. The molecule has 5 heteroatoms. The van der Waals surface area contributed by atoms with Crippen molar-refractivity contribution in [2.24, 2.45) is 5.84 Å². The van der Waals surface area contributed by atoms with E-state index in [1.807, 2.05) is 5.43 Å². The van der Waals surface area contributed by atoms with E-state index in [2.05, 4.69) is 0 Å². The minimum atomic E-state index is -3.11. The van der Waals surface area contributed by atoms with Crippen LogP contribution in [-0.4, -0.2) is 5.92 Å². The lowest BCUT2D eigenvalue weighted by Gasteiger charge is -2.23. The summed E-state index contributed by atoms with van der Waals surface area (Å²) in [5.74, 6) is 1.15. The van der Waals surface area contributed by atoms with Gasteiger partial charge in [0.2, 0.25) is 0 Å². The quantitative estimate of drug-likeness (QED) is 0.583. The maximum absolute atomic E-state index is 13.1. The molecule has 0 aliphatic carbocycles. The van der Waals surface area contributed by atoms with E-state index in [9.17, 15) is 13.2 Å². The molecular weight excluding hydrogens is 193 g/mol. The van der Waals surface area contributed by atoms with Crippen molar-refractivity contribution in [3.63, 3.8) is 0 Å². The number of benzene rings is 1. The molecule has 0 aliphatic heterocycles. The molecule has 14 heavy (non-hydrogen) atoms. The van der Waals surface area contributed by atoms with Gasteiger partial charge in [-0.1, -0.05) is 18.2 Å². The first-order chi connectivity index (χ1) is 6.46. The zero-order valence-corrected chi connectivity index (χ0v) is 7.60. The van der Waals surface area contributed by atoms with Crippen molar-refractivity contribution in [2.45, 2.75) is 18.9 Å². The highest BCUT2D eigenvalue weighted by Gasteiger charge is 2.35. The van der Waals surface area contributed by atoms with Crippen LogP contribution in [0.3, 0.4) is 0 Å². The number of halogens is 3. The van der Waals surface area contributed by atoms with E-state index in [0.717, 1.165) is 6.07 Å². The lowest BCUT2D eigenvalue weighted by Crippen LogP contribution is -2.39. The molecule has 0 saturated heterocycles. The Hall–Kier alpha value is -1.07. The van der Waals surface area contributed by atoms with Gasteiger partial charge in [-0.05, 0) is 6.07 Å². The summed E-state index contributed by atoms with van der Waals surface area (Å²) in [7, 11) is 0. The van der Waals surface area contributed by atoms with Crippen molar-refractivity contribution in [1.29, 1.82) is 0 Å². The van der Waals surface area contributed by atoms with Crippen molar-refractivity contribution in [3.05, 3.63) is 35.6 Å². The molecule has 0 radical (unpaired) electrons. The second kappa shape index (κ2) is 3.98. The van der Waals surface area contributed by atoms with Gasteiger partial charge in [0.25, 0.3) is 5.92 Å². The van der Waals surface area contributed by atoms with Crippen LogP contribution in [0.2, 0.25) is 0 Å². The highest BCUT2D eigenvalue weighted by atomic mass is 19.3. The molecule has 0 amide bonds. The standard InChI is InChI=1S/C9H11F3N2/c1-9(11,12)8(14-13)6-4-2-3-5-7(6)10/h2-5,8,14H,13H2,1H3. The third-order valence-electron chi connectivity index (χ3n) is 1.89. The fourth-order valence-electron chi connectivity index (χ4n) is 1.22. The summed E-state index contributed by atoms with van der Waals surface area (Å²) >= 11 is 0. The Balaban J connectivity index is 3.08. The average molecular weight is 204 g/mol. The van der Waals surface area contributed by atoms with Crippen LogP contribution in [0.5, 0.6) is 0 Å². The molecular formula is C9H11F3N2. The van der Waals surface area contributed by atoms with Gasteiger partial charge in [0.05, 0.1) is 0 Å². The fraction of sp³-hybridized carbons (Fsp3) is 0.333. The second-order valence-electron chi connectivity index (χ2n) is 3.08. The maximum atomic E-state index is 13.1. The normalized spacial score (nSPS) is 14.1. The van der Waals surface area contributed by atoms with Gasteiger partial charge in [0.15, 0.2) is 0 Å². The van der Waals surface area contributed by atoms with Gasteiger partial charge in [0, 0.05) is 12.5 Å². The first kappa shape index (κ1) is 11.0. The minimum Gasteiger partial charge on any atom is -0.271 e. The van der Waals surface area contributed by atoms with Gasteiger partial charge in [-0.15, -0.1) is 0 Å². The Labute approximate surface area is 79.9 Å².